The fourth-order valence-corrected chi connectivity index (χ4v) is 4.16. The predicted molar refractivity (Wildman–Crippen MR) is 112 cm³/mol. The molecule has 2 unspecified atom stereocenters. The number of hydrogen-bond acceptors (Lipinski definition) is 5. The van der Waals surface area contributed by atoms with Crippen molar-refractivity contribution < 1.29 is 18.8 Å². The lowest BCUT2D eigenvalue weighted by atomic mass is 9.99. The standard InChI is InChI=1S/C20H24ClFN6O3/c1-11-6-17-14(10-27(11)20(30)24-12-4-5-16(22)15(21)7-12)18-19(29)26(3)31-13(8-23-2)9-28(18)25-17/h4-5,7,11,13,23H,6,8-10H2,1-3H3,(H,24,30). The Morgan fingerprint density at radius 3 is 2.90 bits per heavy atom. The lowest BCUT2D eigenvalue weighted by Crippen LogP contribution is -2.45. The summed E-state index contributed by atoms with van der Waals surface area (Å²) in [7, 11) is 3.39. The lowest BCUT2D eigenvalue weighted by molar-refractivity contribution is -0.146. The van der Waals surface area contributed by atoms with Crippen LogP contribution in [0.3, 0.4) is 0 Å². The molecule has 0 aliphatic carbocycles. The molecule has 2 atom stereocenters. The third kappa shape index (κ3) is 4.10. The van der Waals surface area contributed by atoms with Crippen molar-refractivity contribution in [2.45, 2.75) is 38.6 Å². The van der Waals surface area contributed by atoms with Gasteiger partial charge in [0.1, 0.15) is 17.6 Å². The number of benzene rings is 1. The average Bonchev–Trinajstić information content (AvgIpc) is 3.00. The van der Waals surface area contributed by atoms with Gasteiger partial charge in [-0.1, -0.05) is 11.6 Å². The van der Waals surface area contributed by atoms with Crippen molar-refractivity contribution in [1.82, 2.24) is 25.1 Å². The van der Waals surface area contributed by atoms with Crippen molar-refractivity contribution in [3.8, 4) is 0 Å². The summed E-state index contributed by atoms with van der Waals surface area (Å²) in [6.07, 6.45) is 0.267. The van der Waals surface area contributed by atoms with Gasteiger partial charge in [-0.05, 0) is 32.2 Å². The molecule has 31 heavy (non-hydrogen) atoms. The predicted octanol–water partition coefficient (Wildman–Crippen LogP) is 2.26. The van der Waals surface area contributed by atoms with Crippen LogP contribution in [0.2, 0.25) is 5.02 Å². The molecule has 0 fully saturated rings. The number of carbonyl (C=O) groups excluding carboxylic acids is 2. The van der Waals surface area contributed by atoms with Crippen LogP contribution in [-0.4, -0.2) is 64.5 Å². The molecule has 0 bridgehead atoms. The highest BCUT2D eigenvalue weighted by Crippen LogP contribution is 2.29. The minimum Gasteiger partial charge on any atom is -0.317 e. The largest absolute Gasteiger partial charge is 0.322 e. The second kappa shape index (κ2) is 8.45. The van der Waals surface area contributed by atoms with Crippen LogP contribution in [0.5, 0.6) is 0 Å². The molecule has 3 heterocycles. The smallest absolute Gasteiger partial charge is 0.317 e. The van der Waals surface area contributed by atoms with E-state index < -0.39 is 5.82 Å². The molecule has 0 saturated heterocycles. The Bertz CT molecular complexity index is 1030. The quantitative estimate of drug-likeness (QED) is 0.748. The van der Waals surface area contributed by atoms with Crippen LogP contribution < -0.4 is 10.6 Å². The zero-order valence-corrected chi connectivity index (χ0v) is 18.2. The first kappa shape index (κ1) is 21.5. The number of rotatable bonds is 3. The van der Waals surface area contributed by atoms with E-state index in [9.17, 15) is 14.0 Å². The van der Waals surface area contributed by atoms with E-state index in [0.717, 1.165) is 11.3 Å². The number of aromatic nitrogens is 2. The summed E-state index contributed by atoms with van der Waals surface area (Å²) in [5.74, 6) is -0.854. The molecule has 1 aromatic heterocycles. The number of fused-ring (bicyclic) bond motifs is 3. The molecule has 2 N–H and O–H groups in total. The third-order valence-electron chi connectivity index (χ3n) is 5.52. The van der Waals surface area contributed by atoms with Gasteiger partial charge in [-0.3, -0.25) is 14.3 Å². The van der Waals surface area contributed by atoms with Gasteiger partial charge in [0.05, 0.1) is 23.8 Å². The monoisotopic (exact) mass is 450 g/mol. The van der Waals surface area contributed by atoms with Gasteiger partial charge < -0.3 is 15.5 Å². The van der Waals surface area contributed by atoms with E-state index in [1.54, 1.807) is 16.6 Å². The SMILES string of the molecule is CNCC1Cn2nc3c(c2C(=O)N(C)O1)CN(C(=O)Nc1ccc(F)c(Cl)c1)C(C)C3. The summed E-state index contributed by atoms with van der Waals surface area (Å²) >= 11 is 5.81. The van der Waals surface area contributed by atoms with Crippen molar-refractivity contribution in [3.63, 3.8) is 0 Å². The molecule has 2 aromatic rings. The minimum atomic E-state index is -0.556. The van der Waals surface area contributed by atoms with Crippen LogP contribution in [0.1, 0.15) is 28.7 Å². The third-order valence-corrected chi connectivity index (χ3v) is 5.81. The minimum absolute atomic E-state index is 0.0708. The number of anilines is 1. The lowest BCUT2D eigenvalue weighted by Gasteiger charge is -2.33. The number of amides is 3. The maximum Gasteiger partial charge on any atom is 0.322 e. The van der Waals surface area contributed by atoms with Gasteiger partial charge in [0, 0.05) is 37.3 Å². The van der Waals surface area contributed by atoms with E-state index in [0.29, 0.717) is 30.9 Å². The van der Waals surface area contributed by atoms with Crippen LogP contribution in [0, 0.1) is 5.82 Å². The second-order valence-electron chi connectivity index (χ2n) is 7.78. The maximum absolute atomic E-state index is 13.4. The van der Waals surface area contributed by atoms with E-state index in [1.165, 1.54) is 23.3 Å². The topological polar surface area (TPSA) is 91.7 Å². The molecule has 9 nitrogen and oxygen atoms in total. The number of halogens is 2. The Morgan fingerprint density at radius 1 is 1.42 bits per heavy atom. The molecule has 0 radical (unpaired) electrons. The fraction of sp³-hybridized carbons (Fsp3) is 0.450. The van der Waals surface area contributed by atoms with Gasteiger partial charge in [0.2, 0.25) is 0 Å². The first-order chi connectivity index (χ1) is 14.8. The number of nitrogens with one attached hydrogen (secondary N) is 2. The number of hydroxylamine groups is 2. The van der Waals surface area contributed by atoms with E-state index in [4.69, 9.17) is 16.4 Å². The first-order valence-electron chi connectivity index (χ1n) is 9.99. The van der Waals surface area contributed by atoms with Gasteiger partial charge in [-0.15, -0.1) is 0 Å². The summed E-state index contributed by atoms with van der Waals surface area (Å²) in [5.41, 5.74) is 2.35. The van der Waals surface area contributed by atoms with Gasteiger partial charge >= 0.3 is 6.03 Å². The molecule has 4 rings (SSSR count). The summed E-state index contributed by atoms with van der Waals surface area (Å²) in [5, 5.41) is 11.6. The molecule has 3 amide bonds. The molecule has 2 aliphatic heterocycles. The molecule has 1 aromatic carbocycles. The van der Waals surface area contributed by atoms with Crippen LogP contribution in [0.15, 0.2) is 18.2 Å². The number of nitrogens with zero attached hydrogens (tertiary/aromatic N) is 4. The maximum atomic E-state index is 13.4. The zero-order chi connectivity index (χ0) is 22.3. The van der Waals surface area contributed by atoms with Gasteiger partial charge in [0.15, 0.2) is 0 Å². The highest BCUT2D eigenvalue weighted by Gasteiger charge is 2.37. The molecule has 11 heteroatoms. The van der Waals surface area contributed by atoms with Gasteiger partial charge in [0.25, 0.3) is 5.91 Å². The van der Waals surface area contributed by atoms with Crippen molar-refractivity contribution in [1.29, 1.82) is 0 Å². The molecule has 2 aliphatic rings. The Labute approximate surface area is 184 Å². The van der Waals surface area contributed by atoms with Crippen LogP contribution in [0.4, 0.5) is 14.9 Å². The second-order valence-corrected chi connectivity index (χ2v) is 8.19. The van der Waals surface area contributed by atoms with Crippen molar-refractivity contribution in [2.75, 3.05) is 26.0 Å². The van der Waals surface area contributed by atoms with Crippen molar-refractivity contribution in [2.24, 2.45) is 0 Å². The van der Waals surface area contributed by atoms with E-state index in [-0.39, 0.29) is 35.7 Å². The van der Waals surface area contributed by atoms with E-state index in [2.05, 4.69) is 15.7 Å². The van der Waals surface area contributed by atoms with Crippen LogP contribution >= 0.6 is 11.6 Å². The van der Waals surface area contributed by atoms with Crippen molar-refractivity contribution >= 4 is 29.2 Å². The molecule has 0 saturated carbocycles. The summed E-state index contributed by atoms with van der Waals surface area (Å²) in [6, 6.07) is 3.50. The number of carbonyl (C=O) groups is 2. The van der Waals surface area contributed by atoms with Crippen LogP contribution in [0.25, 0.3) is 0 Å². The number of likely N-dealkylation sites (N-methyl/N-ethyl adjacent to an activating group) is 1. The van der Waals surface area contributed by atoms with Crippen molar-refractivity contribution in [3.05, 3.63) is 46.0 Å². The molecular formula is C20H24ClFN6O3. The zero-order valence-electron chi connectivity index (χ0n) is 17.5. The van der Waals surface area contributed by atoms with Gasteiger partial charge in [-0.2, -0.15) is 5.10 Å². The van der Waals surface area contributed by atoms with Gasteiger partial charge in [-0.25, -0.2) is 14.2 Å². The Hall–Kier alpha value is -2.69. The molecule has 166 valence electrons. The highest BCUT2D eigenvalue weighted by molar-refractivity contribution is 6.31. The summed E-state index contributed by atoms with van der Waals surface area (Å²) in [6.45, 7) is 3.13. The summed E-state index contributed by atoms with van der Waals surface area (Å²) < 4.78 is 15.1. The number of urea groups is 1. The Kier molecular flexibility index (Phi) is 5.87. The summed E-state index contributed by atoms with van der Waals surface area (Å²) in [4.78, 5) is 33.3. The molecular weight excluding hydrogens is 427 g/mol. The van der Waals surface area contributed by atoms with E-state index >= 15 is 0 Å². The van der Waals surface area contributed by atoms with Crippen LogP contribution in [-0.2, 0) is 24.3 Å². The Balaban J connectivity index is 1.60. The number of hydrogen-bond donors (Lipinski definition) is 2. The normalized spacial score (nSPS) is 20.9. The first-order valence-corrected chi connectivity index (χ1v) is 10.4. The fourth-order valence-electron chi connectivity index (χ4n) is 3.98. The molecule has 0 spiro atoms. The average molecular weight is 451 g/mol. The van der Waals surface area contributed by atoms with E-state index in [1.807, 2.05) is 14.0 Å². The highest BCUT2D eigenvalue weighted by atomic mass is 35.5. The Morgan fingerprint density at radius 2 is 2.19 bits per heavy atom.